The highest BCUT2D eigenvalue weighted by atomic mass is 32.2. The van der Waals surface area contributed by atoms with E-state index in [1.165, 1.54) is 18.2 Å². The quantitative estimate of drug-likeness (QED) is 0.752. The fourth-order valence-electron chi connectivity index (χ4n) is 3.53. The molecule has 6 nitrogen and oxygen atoms in total. The van der Waals surface area contributed by atoms with Crippen LogP contribution in [0.3, 0.4) is 0 Å². The largest absolute Gasteiger partial charge is 0.497 e. The van der Waals surface area contributed by atoms with E-state index in [0.29, 0.717) is 17.0 Å². The van der Waals surface area contributed by atoms with Crippen molar-refractivity contribution in [1.82, 2.24) is 19.7 Å². The summed E-state index contributed by atoms with van der Waals surface area (Å²) in [7, 11) is 1.64. The van der Waals surface area contributed by atoms with Gasteiger partial charge in [-0.25, -0.2) is 0 Å². The number of benzene rings is 1. The van der Waals surface area contributed by atoms with Gasteiger partial charge in [0.1, 0.15) is 12.1 Å². The van der Waals surface area contributed by atoms with Crippen molar-refractivity contribution in [2.24, 2.45) is 11.8 Å². The molecular weight excluding hydrogens is 348 g/mol. The van der Waals surface area contributed by atoms with Gasteiger partial charge in [0.15, 0.2) is 5.16 Å². The smallest absolute Gasteiger partial charge is 0.235 e. The van der Waals surface area contributed by atoms with Gasteiger partial charge in [-0.15, -0.1) is 10.2 Å². The Balaban J connectivity index is 1.70. The van der Waals surface area contributed by atoms with Crippen LogP contribution in [0.4, 0.5) is 0 Å². The topological polar surface area (TPSA) is 60.2 Å². The Morgan fingerprint density at radius 1 is 1.23 bits per heavy atom. The molecule has 0 saturated carbocycles. The van der Waals surface area contributed by atoms with Gasteiger partial charge in [-0.1, -0.05) is 25.6 Å². The number of likely N-dealkylation sites (tertiary alicyclic amines) is 1. The number of aromatic nitrogens is 3. The third kappa shape index (κ3) is 4.20. The SMILES string of the molecule is COc1ccc(-n2cnnc2S[C@H](C)C(=O)N2C[C@H](C)C[C@@H](C)C2)cc1. The monoisotopic (exact) mass is 374 g/mol. The van der Waals surface area contributed by atoms with Crippen molar-refractivity contribution in [2.75, 3.05) is 20.2 Å². The van der Waals surface area contributed by atoms with Crippen LogP contribution in [0.15, 0.2) is 35.7 Å². The fraction of sp³-hybridized carbons (Fsp3) is 0.526. The van der Waals surface area contributed by atoms with Crippen molar-refractivity contribution in [2.45, 2.75) is 37.6 Å². The number of hydrogen-bond acceptors (Lipinski definition) is 5. The Hall–Kier alpha value is -2.02. The summed E-state index contributed by atoms with van der Waals surface area (Å²) in [6, 6.07) is 7.70. The molecule has 1 amide bonds. The molecule has 0 spiro atoms. The zero-order valence-electron chi connectivity index (χ0n) is 15.8. The van der Waals surface area contributed by atoms with Crippen LogP contribution < -0.4 is 4.74 Å². The van der Waals surface area contributed by atoms with Crippen LogP contribution in [0.5, 0.6) is 5.75 Å². The molecule has 2 aromatic rings. The van der Waals surface area contributed by atoms with Gasteiger partial charge in [-0.2, -0.15) is 0 Å². The molecule has 1 saturated heterocycles. The predicted molar refractivity (Wildman–Crippen MR) is 103 cm³/mol. The molecule has 1 aliphatic rings. The molecule has 3 atom stereocenters. The van der Waals surface area contributed by atoms with Crippen molar-refractivity contribution in [3.05, 3.63) is 30.6 Å². The average molecular weight is 375 g/mol. The van der Waals surface area contributed by atoms with Gasteiger partial charge >= 0.3 is 0 Å². The lowest BCUT2D eigenvalue weighted by Gasteiger charge is -2.36. The molecule has 1 fully saturated rings. The number of carbonyl (C=O) groups excluding carboxylic acids is 1. The van der Waals surface area contributed by atoms with Gasteiger partial charge in [0.05, 0.1) is 12.4 Å². The summed E-state index contributed by atoms with van der Waals surface area (Å²) in [6.45, 7) is 8.07. The second-order valence-electron chi connectivity index (χ2n) is 7.13. The number of rotatable bonds is 5. The van der Waals surface area contributed by atoms with E-state index in [4.69, 9.17) is 4.74 Å². The molecule has 2 heterocycles. The number of piperidine rings is 1. The molecule has 0 unspecified atom stereocenters. The summed E-state index contributed by atoms with van der Waals surface area (Å²) in [5.41, 5.74) is 0.943. The maximum absolute atomic E-state index is 12.9. The summed E-state index contributed by atoms with van der Waals surface area (Å²) in [6.07, 6.45) is 2.86. The highest BCUT2D eigenvalue weighted by Gasteiger charge is 2.29. The number of nitrogens with zero attached hydrogens (tertiary/aromatic N) is 4. The number of amides is 1. The van der Waals surface area contributed by atoms with E-state index in [0.717, 1.165) is 24.5 Å². The zero-order valence-corrected chi connectivity index (χ0v) is 16.6. The minimum Gasteiger partial charge on any atom is -0.497 e. The highest BCUT2D eigenvalue weighted by Crippen LogP contribution is 2.28. The van der Waals surface area contributed by atoms with Gasteiger partial charge in [0, 0.05) is 18.8 Å². The highest BCUT2D eigenvalue weighted by molar-refractivity contribution is 8.00. The molecule has 0 N–H and O–H groups in total. The van der Waals surface area contributed by atoms with Crippen molar-refractivity contribution < 1.29 is 9.53 Å². The number of hydrogen-bond donors (Lipinski definition) is 0. The molecule has 0 bridgehead atoms. The van der Waals surface area contributed by atoms with Crippen molar-refractivity contribution in [1.29, 1.82) is 0 Å². The number of ether oxygens (including phenoxy) is 1. The molecule has 1 aliphatic heterocycles. The maximum Gasteiger partial charge on any atom is 0.235 e. The van der Waals surface area contributed by atoms with Crippen LogP contribution in [-0.2, 0) is 4.79 Å². The molecule has 0 aliphatic carbocycles. The molecule has 26 heavy (non-hydrogen) atoms. The Kier molecular flexibility index (Phi) is 5.86. The first-order chi connectivity index (χ1) is 12.5. The van der Waals surface area contributed by atoms with Crippen LogP contribution in [0, 0.1) is 11.8 Å². The summed E-state index contributed by atoms with van der Waals surface area (Å²) >= 11 is 1.45. The molecular formula is C19H26N4O2S. The first kappa shape index (κ1) is 18.8. The van der Waals surface area contributed by atoms with Crippen molar-refractivity contribution >= 4 is 17.7 Å². The van der Waals surface area contributed by atoms with Gasteiger partial charge in [-0.3, -0.25) is 9.36 Å². The normalized spacial score (nSPS) is 21.5. The molecule has 1 aromatic carbocycles. The van der Waals surface area contributed by atoms with Crippen LogP contribution >= 0.6 is 11.8 Å². The molecule has 7 heteroatoms. The molecule has 1 aromatic heterocycles. The van der Waals surface area contributed by atoms with Crippen LogP contribution in [0.25, 0.3) is 5.69 Å². The summed E-state index contributed by atoms with van der Waals surface area (Å²) < 4.78 is 7.10. The van der Waals surface area contributed by atoms with E-state index in [9.17, 15) is 4.79 Å². The zero-order chi connectivity index (χ0) is 18.7. The third-order valence-electron chi connectivity index (χ3n) is 4.68. The van der Waals surface area contributed by atoms with Crippen LogP contribution in [0.1, 0.15) is 27.2 Å². The number of thioether (sulfide) groups is 1. The third-order valence-corrected chi connectivity index (χ3v) is 5.72. The minimum atomic E-state index is -0.200. The van der Waals surface area contributed by atoms with E-state index in [-0.39, 0.29) is 11.2 Å². The van der Waals surface area contributed by atoms with Crippen LogP contribution in [-0.4, -0.2) is 51.0 Å². The minimum absolute atomic E-state index is 0.178. The van der Waals surface area contributed by atoms with E-state index in [1.807, 2.05) is 40.7 Å². The number of methoxy groups -OCH3 is 1. The lowest BCUT2D eigenvalue weighted by molar-refractivity contribution is -0.132. The summed E-state index contributed by atoms with van der Waals surface area (Å²) in [4.78, 5) is 14.9. The first-order valence-electron chi connectivity index (χ1n) is 8.97. The standard InChI is InChI=1S/C19H26N4O2S/c1-13-9-14(2)11-22(10-13)18(24)15(3)26-19-21-20-12-23(19)16-5-7-17(25-4)8-6-16/h5-8,12-15H,9-11H2,1-4H3/t13-,14-,15-/m1/s1. The van der Waals surface area contributed by atoms with Gasteiger partial charge < -0.3 is 9.64 Å². The van der Waals surface area contributed by atoms with Crippen LogP contribution in [0.2, 0.25) is 0 Å². The summed E-state index contributed by atoms with van der Waals surface area (Å²) in [5.74, 6) is 2.09. The second kappa shape index (κ2) is 8.12. The Morgan fingerprint density at radius 3 is 2.50 bits per heavy atom. The van der Waals surface area contributed by atoms with Crippen molar-refractivity contribution in [3.63, 3.8) is 0 Å². The Bertz CT molecular complexity index is 736. The van der Waals surface area contributed by atoms with E-state index in [1.54, 1.807) is 13.4 Å². The summed E-state index contributed by atoms with van der Waals surface area (Å²) in [5, 5.41) is 8.75. The molecule has 3 rings (SSSR count). The average Bonchev–Trinajstić information content (AvgIpc) is 3.08. The maximum atomic E-state index is 12.9. The fourth-order valence-corrected chi connectivity index (χ4v) is 4.46. The lowest BCUT2D eigenvalue weighted by atomic mass is 9.92. The lowest BCUT2D eigenvalue weighted by Crippen LogP contribution is -2.45. The first-order valence-corrected chi connectivity index (χ1v) is 9.85. The molecule has 140 valence electrons. The number of carbonyl (C=O) groups is 1. The molecule has 0 radical (unpaired) electrons. The van der Waals surface area contributed by atoms with E-state index < -0.39 is 0 Å². The van der Waals surface area contributed by atoms with Gasteiger partial charge in [0.2, 0.25) is 5.91 Å². The predicted octanol–water partition coefficient (Wildman–Crippen LogP) is 3.26. The Morgan fingerprint density at radius 2 is 1.88 bits per heavy atom. The van der Waals surface area contributed by atoms with E-state index in [2.05, 4.69) is 24.0 Å². The Labute approximate surface area is 158 Å². The van der Waals surface area contributed by atoms with Gasteiger partial charge in [0.25, 0.3) is 0 Å². The van der Waals surface area contributed by atoms with E-state index >= 15 is 0 Å². The van der Waals surface area contributed by atoms with Gasteiger partial charge in [-0.05, 0) is 49.4 Å². The second-order valence-corrected chi connectivity index (χ2v) is 8.44. The van der Waals surface area contributed by atoms with Crippen molar-refractivity contribution in [3.8, 4) is 11.4 Å².